The molecule has 0 heterocycles. The standard InChI is InChI=1S/C22H41BrO4/c1-4-7-8-9-10-11-12-13-14-15-17-22(18-16-19-23,20(24)26-5-2)21(25)27-6-3/h4-19H2,1-3H3. The number of hydrogen-bond donors (Lipinski definition) is 0. The van der Waals surface area contributed by atoms with Crippen LogP contribution >= 0.6 is 15.9 Å². The Morgan fingerprint density at radius 1 is 0.667 bits per heavy atom. The molecule has 4 nitrogen and oxygen atoms in total. The van der Waals surface area contributed by atoms with Crippen LogP contribution in [0.3, 0.4) is 0 Å². The Morgan fingerprint density at radius 2 is 1.07 bits per heavy atom. The van der Waals surface area contributed by atoms with Crippen molar-refractivity contribution in [1.29, 1.82) is 0 Å². The Labute approximate surface area is 175 Å². The molecule has 0 spiro atoms. The van der Waals surface area contributed by atoms with E-state index in [1.54, 1.807) is 13.8 Å². The maximum Gasteiger partial charge on any atom is 0.323 e. The Kier molecular flexibility index (Phi) is 17.1. The van der Waals surface area contributed by atoms with Gasteiger partial charge in [0.05, 0.1) is 13.2 Å². The van der Waals surface area contributed by atoms with E-state index in [1.165, 1.54) is 44.9 Å². The van der Waals surface area contributed by atoms with E-state index in [0.29, 0.717) is 12.8 Å². The van der Waals surface area contributed by atoms with Crippen molar-refractivity contribution in [2.45, 2.75) is 104 Å². The fourth-order valence-electron chi connectivity index (χ4n) is 3.44. The summed E-state index contributed by atoms with van der Waals surface area (Å²) in [6, 6.07) is 0. The predicted molar refractivity (Wildman–Crippen MR) is 115 cm³/mol. The number of unbranched alkanes of at least 4 members (excludes halogenated alkanes) is 9. The number of esters is 2. The molecule has 0 aliphatic rings. The SMILES string of the molecule is CCCCCCCCCCCCC(CCCBr)(C(=O)OCC)C(=O)OCC. The minimum Gasteiger partial charge on any atom is -0.465 e. The summed E-state index contributed by atoms with van der Waals surface area (Å²) in [7, 11) is 0. The third-order valence-corrected chi connectivity index (χ3v) is 5.59. The maximum absolute atomic E-state index is 12.6. The van der Waals surface area contributed by atoms with Gasteiger partial charge in [0.2, 0.25) is 0 Å². The highest BCUT2D eigenvalue weighted by atomic mass is 79.9. The molecule has 5 heteroatoms. The van der Waals surface area contributed by atoms with Crippen LogP contribution in [0.1, 0.15) is 104 Å². The van der Waals surface area contributed by atoms with Gasteiger partial charge in [-0.1, -0.05) is 87.1 Å². The van der Waals surface area contributed by atoms with E-state index in [-0.39, 0.29) is 13.2 Å². The number of alkyl halides is 1. The van der Waals surface area contributed by atoms with E-state index in [9.17, 15) is 9.59 Å². The Bertz CT molecular complexity index is 367. The summed E-state index contributed by atoms with van der Waals surface area (Å²) in [5.41, 5.74) is -1.14. The molecule has 0 radical (unpaired) electrons. The second kappa shape index (κ2) is 17.5. The van der Waals surface area contributed by atoms with Gasteiger partial charge in [0, 0.05) is 5.33 Å². The van der Waals surface area contributed by atoms with Gasteiger partial charge in [-0.2, -0.15) is 0 Å². The second-order valence-electron chi connectivity index (χ2n) is 7.25. The third-order valence-electron chi connectivity index (χ3n) is 5.03. The Balaban J connectivity index is 4.48. The largest absolute Gasteiger partial charge is 0.465 e. The van der Waals surface area contributed by atoms with Crippen LogP contribution in [-0.4, -0.2) is 30.5 Å². The number of ether oxygens (including phenoxy) is 2. The molecular formula is C22H41BrO4. The zero-order valence-corrected chi connectivity index (χ0v) is 19.4. The van der Waals surface area contributed by atoms with Crippen molar-refractivity contribution < 1.29 is 19.1 Å². The van der Waals surface area contributed by atoms with Crippen LogP contribution < -0.4 is 0 Å². The first-order chi connectivity index (χ1) is 13.1. The van der Waals surface area contributed by atoms with E-state index in [2.05, 4.69) is 22.9 Å². The first kappa shape index (κ1) is 26.4. The van der Waals surface area contributed by atoms with Crippen molar-refractivity contribution in [1.82, 2.24) is 0 Å². The lowest BCUT2D eigenvalue weighted by molar-refractivity contribution is -0.173. The quantitative estimate of drug-likeness (QED) is 0.103. The van der Waals surface area contributed by atoms with Crippen LogP contribution in [0.25, 0.3) is 0 Å². The number of hydrogen-bond acceptors (Lipinski definition) is 4. The van der Waals surface area contributed by atoms with Gasteiger partial charge in [-0.25, -0.2) is 0 Å². The summed E-state index contributed by atoms with van der Waals surface area (Å²) in [4.78, 5) is 25.3. The third kappa shape index (κ3) is 11.1. The molecule has 27 heavy (non-hydrogen) atoms. The molecule has 0 unspecified atom stereocenters. The molecule has 0 amide bonds. The molecule has 0 atom stereocenters. The summed E-state index contributed by atoms with van der Waals surface area (Å²) >= 11 is 3.41. The van der Waals surface area contributed by atoms with Gasteiger partial charge in [-0.15, -0.1) is 0 Å². The molecule has 0 bridgehead atoms. The average Bonchev–Trinajstić information content (AvgIpc) is 2.66. The first-order valence-corrected chi connectivity index (χ1v) is 12.1. The molecule has 0 fully saturated rings. The van der Waals surface area contributed by atoms with Crippen molar-refractivity contribution in [3.63, 3.8) is 0 Å². The lowest BCUT2D eigenvalue weighted by Gasteiger charge is -2.29. The Hall–Kier alpha value is -0.580. The van der Waals surface area contributed by atoms with Crippen LogP contribution in [0.15, 0.2) is 0 Å². The van der Waals surface area contributed by atoms with Crippen molar-refractivity contribution in [3.05, 3.63) is 0 Å². The molecule has 0 aliphatic heterocycles. The lowest BCUT2D eigenvalue weighted by Crippen LogP contribution is -2.42. The van der Waals surface area contributed by atoms with E-state index in [0.717, 1.165) is 31.0 Å². The average molecular weight is 449 g/mol. The number of rotatable bonds is 18. The van der Waals surface area contributed by atoms with Crippen molar-refractivity contribution in [3.8, 4) is 0 Å². The lowest BCUT2D eigenvalue weighted by atomic mass is 9.78. The number of halogens is 1. The molecule has 160 valence electrons. The first-order valence-electron chi connectivity index (χ1n) is 11.0. The van der Waals surface area contributed by atoms with Gasteiger partial charge >= 0.3 is 11.9 Å². The minimum absolute atomic E-state index is 0.284. The van der Waals surface area contributed by atoms with E-state index in [4.69, 9.17) is 9.47 Å². The topological polar surface area (TPSA) is 52.6 Å². The van der Waals surface area contributed by atoms with E-state index < -0.39 is 17.4 Å². The van der Waals surface area contributed by atoms with Gasteiger partial charge in [0.1, 0.15) is 0 Å². The summed E-state index contributed by atoms with van der Waals surface area (Å²) in [6.07, 6.45) is 14.0. The van der Waals surface area contributed by atoms with Crippen LogP contribution in [-0.2, 0) is 19.1 Å². The fourth-order valence-corrected chi connectivity index (χ4v) is 3.72. The molecule has 0 saturated carbocycles. The molecule has 0 aliphatic carbocycles. The van der Waals surface area contributed by atoms with Gasteiger partial charge in [0.25, 0.3) is 0 Å². The molecule has 0 aromatic heterocycles. The summed E-state index contributed by atoms with van der Waals surface area (Å²) < 4.78 is 10.5. The van der Waals surface area contributed by atoms with E-state index in [1.807, 2.05) is 0 Å². The summed E-state index contributed by atoms with van der Waals surface area (Å²) in [5.74, 6) is -0.833. The molecule has 0 aromatic carbocycles. The van der Waals surface area contributed by atoms with Gasteiger partial charge in [-0.3, -0.25) is 9.59 Å². The van der Waals surface area contributed by atoms with Crippen molar-refractivity contribution in [2.24, 2.45) is 5.41 Å². The summed E-state index contributed by atoms with van der Waals surface area (Å²) in [5, 5.41) is 0.756. The van der Waals surface area contributed by atoms with Gasteiger partial charge in [0.15, 0.2) is 5.41 Å². The zero-order valence-electron chi connectivity index (χ0n) is 17.8. The highest BCUT2D eigenvalue weighted by Gasteiger charge is 2.47. The minimum atomic E-state index is -1.14. The predicted octanol–water partition coefficient (Wildman–Crippen LogP) is 6.59. The molecule has 0 aromatic rings. The molecule has 0 rings (SSSR count). The second-order valence-corrected chi connectivity index (χ2v) is 8.04. The highest BCUT2D eigenvalue weighted by molar-refractivity contribution is 9.09. The van der Waals surface area contributed by atoms with Gasteiger partial charge < -0.3 is 9.47 Å². The van der Waals surface area contributed by atoms with Crippen LogP contribution in [0.2, 0.25) is 0 Å². The summed E-state index contributed by atoms with van der Waals surface area (Å²) in [6.45, 7) is 6.36. The normalized spacial score (nSPS) is 11.4. The van der Waals surface area contributed by atoms with Crippen molar-refractivity contribution >= 4 is 27.9 Å². The Morgan fingerprint density at radius 3 is 1.48 bits per heavy atom. The fraction of sp³-hybridized carbons (Fsp3) is 0.909. The molecular weight excluding hydrogens is 408 g/mol. The van der Waals surface area contributed by atoms with Crippen LogP contribution in [0.5, 0.6) is 0 Å². The van der Waals surface area contributed by atoms with E-state index >= 15 is 0 Å². The monoisotopic (exact) mass is 448 g/mol. The molecule has 0 N–H and O–H groups in total. The number of carbonyl (C=O) groups is 2. The number of carbonyl (C=O) groups excluding carboxylic acids is 2. The smallest absolute Gasteiger partial charge is 0.323 e. The molecule has 0 saturated heterocycles. The van der Waals surface area contributed by atoms with Crippen LogP contribution in [0, 0.1) is 5.41 Å². The highest BCUT2D eigenvalue weighted by Crippen LogP contribution is 2.35. The zero-order chi connectivity index (χ0) is 20.4. The van der Waals surface area contributed by atoms with Crippen molar-refractivity contribution in [2.75, 3.05) is 18.5 Å². The van der Waals surface area contributed by atoms with Crippen LogP contribution in [0.4, 0.5) is 0 Å². The maximum atomic E-state index is 12.6. The van der Waals surface area contributed by atoms with Gasteiger partial charge in [-0.05, 0) is 33.1 Å².